The molecule has 0 aromatic carbocycles. The van der Waals surface area contributed by atoms with E-state index in [4.69, 9.17) is 4.42 Å². The smallest absolute Gasteiger partial charge is 0.251 e. The first kappa shape index (κ1) is 15.9. The van der Waals surface area contributed by atoms with Crippen molar-refractivity contribution in [1.29, 1.82) is 0 Å². The summed E-state index contributed by atoms with van der Waals surface area (Å²) in [7, 11) is 4.04. The Morgan fingerprint density at radius 2 is 2.10 bits per heavy atom. The van der Waals surface area contributed by atoms with Crippen molar-refractivity contribution in [3.05, 3.63) is 51.6 Å². The molecule has 0 spiro atoms. The molecule has 0 unspecified atom stereocenters. The number of aromatic nitrogens is 2. The summed E-state index contributed by atoms with van der Waals surface area (Å²) in [5.41, 5.74) is 0.681. The topological polar surface area (TPSA) is 62.1 Å². The summed E-state index contributed by atoms with van der Waals surface area (Å²) in [5, 5.41) is 0. The molecule has 1 N–H and O–H groups in total. The number of aryl methyl sites for hydroxylation is 2. The molecule has 2 rings (SSSR count). The maximum Gasteiger partial charge on any atom is 0.251 e. The van der Waals surface area contributed by atoms with Gasteiger partial charge in [0.2, 0.25) is 0 Å². The fraction of sp³-hybridized carbons (Fsp3) is 0.467. The number of nitrogens with one attached hydrogen (secondary N) is 1. The Hall–Kier alpha value is -1.53. The number of hydrogen-bond donors (Lipinski definition) is 1. The van der Waals surface area contributed by atoms with E-state index in [0.29, 0.717) is 0 Å². The zero-order valence-corrected chi connectivity index (χ0v) is 13.5. The van der Waals surface area contributed by atoms with Crippen LogP contribution >= 0.6 is 11.8 Å². The molecule has 2 heterocycles. The van der Waals surface area contributed by atoms with E-state index in [1.165, 1.54) is 6.07 Å². The fourth-order valence-corrected chi connectivity index (χ4v) is 2.84. The van der Waals surface area contributed by atoms with Gasteiger partial charge in [-0.25, -0.2) is 4.98 Å². The minimum Gasteiger partial charge on any atom is -0.464 e. The highest BCUT2D eigenvalue weighted by Crippen LogP contribution is 2.16. The molecule has 0 fully saturated rings. The number of rotatable bonds is 7. The Morgan fingerprint density at radius 1 is 1.33 bits per heavy atom. The van der Waals surface area contributed by atoms with Gasteiger partial charge in [0.1, 0.15) is 17.3 Å². The van der Waals surface area contributed by atoms with E-state index in [1.54, 1.807) is 11.8 Å². The third kappa shape index (κ3) is 5.40. The van der Waals surface area contributed by atoms with Gasteiger partial charge in [-0.1, -0.05) is 0 Å². The van der Waals surface area contributed by atoms with Crippen molar-refractivity contribution in [1.82, 2.24) is 14.9 Å². The molecule has 0 amide bonds. The maximum absolute atomic E-state index is 11.3. The van der Waals surface area contributed by atoms with Gasteiger partial charge in [-0.15, -0.1) is 0 Å². The van der Waals surface area contributed by atoms with E-state index in [-0.39, 0.29) is 5.56 Å². The summed E-state index contributed by atoms with van der Waals surface area (Å²) in [6.45, 7) is 2.65. The van der Waals surface area contributed by atoms with Crippen molar-refractivity contribution in [2.24, 2.45) is 0 Å². The molecule has 21 heavy (non-hydrogen) atoms. The minimum absolute atomic E-state index is 0.0816. The van der Waals surface area contributed by atoms with Crippen LogP contribution in [0.5, 0.6) is 0 Å². The van der Waals surface area contributed by atoms with E-state index in [1.807, 2.05) is 33.2 Å². The summed E-state index contributed by atoms with van der Waals surface area (Å²) < 4.78 is 5.75. The second kappa shape index (κ2) is 7.47. The van der Waals surface area contributed by atoms with Crippen LogP contribution in [-0.4, -0.2) is 34.7 Å². The lowest BCUT2D eigenvalue weighted by atomic mass is 10.4. The number of hydrogen-bond acceptors (Lipinski definition) is 5. The summed E-state index contributed by atoms with van der Waals surface area (Å²) in [4.78, 5) is 20.5. The normalized spacial score (nSPS) is 11.2. The van der Waals surface area contributed by atoms with Gasteiger partial charge in [-0.05, 0) is 33.2 Å². The van der Waals surface area contributed by atoms with Crippen LogP contribution in [0, 0.1) is 6.92 Å². The Labute approximate surface area is 128 Å². The highest BCUT2D eigenvalue weighted by molar-refractivity contribution is 7.98. The van der Waals surface area contributed by atoms with Crippen LogP contribution in [0.25, 0.3) is 0 Å². The van der Waals surface area contributed by atoms with Gasteiger partial charge in [-0.2, -0.15) is 11.8 Å². The molecule has 0 saturated carbocycles. The molecule has 0 aliphatic rings. The van der Waals surface area contributed by atoms with Gasteiger partial charge < -0.3 is 14.3 Å². The molecule has 0 radical (unpaired) electrons. The van der Waals surface area contributed by atoms with Crippen LogP contribution in [0.4, 0.5) is 0 Å². The van der Waals surface area contributed by atoms with E-state index in [0.717, 1.165) is 47.5 Å². The van der Waals surface area contributed by atoms with Crippen molar-refractivity contribution in [2.45, 2.75) is 25.6 Å². The third-order valence-electron chi connectivity index (χ3n) is 2.84. The van der Waals surface area contributed by atoms with Crippen molar-refractivity contribution >= 4 is 11.8 Å². The second-order valence-corrected chi connectivity index (χ2v) is 6.35. The van der Waals surface area contributed by atoms with Crippen LogP contribution in [0.1, 0.15) is 23.0 Å². The fourth-order valence-electron chi connectivity index (χ4n) is 2.00. The summed E-state index contributed by atoms with van der Waals surface area (Å²) in [6, 6.07) is 5.56. The minimum atomic E-state index is -0.0816. The van der Waals surface area contributed by atoms with Gasteiger partial charge in [0.05, 0.1) is 12.3 Å². The Bertz CT molecular complexity index is 634. The van der Waals surface area contributed by atoms with Crippen molar-refractivity contribution in [3.8, 4) is 0 Å². The van der Waals surface area contributed by atoms with Gasteiger partial charge in [0.25, 0.3) is 5.56 Å². The zero-order valence-electron chi connectivity index (χ0n) is 12.7. The van der Waals surface area contributed by atoms with Crippen LogP contribution in [0.15, 0.2) is 27.4 Å². The Morgan fingerprint density at radius 3 is 2.81 bits per heavy atom. The lowest BCUT2D eigenvalue weighted by Gasteiger charge is -2.05. The van der Waals surface area contributed by atoms with Crippen LogP contribution in [0.2, 0.25) is 0 Å². The summed E-state index contributed by atoms with van der Waals surface area (Å²) >= 11 is 1.78. The maximum atomic E-state index is 11.3. The monoisotopic (exact) mass is 307 g/mol. The average molecular weight is 307 g/mol. The van der Waals surface area contributed by atoms with Crippen LogP contribution in [-0.2, 0) is 18.7 Å². The van der Waals surface area contributed by atoms with E-state index < -0.39 is 0 Å². The Balaban J connectivity index is 1.76. The molecule has 6 heteroatoms. The predicted octanol–water partition coefficient (Wildman–Crippen LogP) is 2.21. The molecular weight excluding hydrogens is 286 g/mol. The van der Waals surface area contributed by atoms with Gasteiger partial charge in [0, 0.05) is 23.9 Å². The van der Waals surface area contributed by atoms with E-state index in [9.17, 15) is 4.79 Å². The first-order chi connectivity index (χ1) is 10.0. The highest BCUT2D eigenvalue weighted by atomic mass is 32.2. The largest absolute Gasteiger partial charge is 0.464 e. The molecule has 0 aliphatic carbocycles. The van der Waals surface area contributed by atoms with Gasteiger partial charge in [-0.3, -0.25) is 4.79 Å². The lowest BCUT2D eigenvalue weighted by Crippen LogP contribution is -2.11. The molecule has 0 saturated heterocycles. The molecular formula is C15H21N3O2S. The molecule has 5 nitrogen and oxygen atoms in total. The second-order valence-electron chi connectivity index (χ2n) is 5.24. The number of thioether (sulfide) groups is 1. The SMILES string of the molecule is Cc1cc(=O)[nH]c(CCSCc2ccc(CN(C)C)o2)n1. The Kier molecular flexibility index (Phi) is 5.64. The van der Waals surface area contributed by atoms with Crippen LogP contribution < -0.4 is 5.56 Å². The number of aromatic amines is 1. The molecule has 0 atom stereocenters. The van der Waals surface area contributed by atoms with Crippen molar-refractivity contribution in [3.63, 3.8) is 0 Å². The highest BCUT2D eigenvalue weighted by Gasteiger charge is 2.04. The average Bonchev–Trinajstić information content (AvgIpc) is 2.80. The van der Waals surface area contributed by atoms with Gasteiger partial charge >= 0.3 is 0 Å². The van der Waals surface area contributed by atoms with E-state index >= 15 is 0 Å². The van der Waals surface area contributed by atoms with Crippen molar-refractivity contribution in [2.75, 3.05) is 19.8 Å². The molecule has 114 valence electrons. The number of nitrogens with zero attached hydrogens (tertiary/aromatic N) is 2. The molecule has 2 aromatic heterocycles. The lowest BCUT2D eigenvalue weighted by molar-refractivity contribution is 0.344. The number of H-pyrrole nitrogens is 1. The molecule has 0 bridgehead atoms. The zero-order chi connectivity index (χ0) is 15.2. The summed E-state index contributed by atoms with van der Waals surface area (Å²) in [6.07, 6.45) is 0.757. The third-order valence-corrected chi connectivity index (χ3v) is 3.82. The number of furan rings is 1. The van der Waals surface area contributed by atoms with Gasteiger partial charge in [0.15, 0.2) is 0 Å². The standard InChI is InChI=1S/C15H21N3O2S/c1-11-8-15(19)17-14(16-11)6-7-21-10-13-5-4-12(20-13)9-18(2)3/h4-5,8H,6-7,9-10H2,1-3H3,(H,16,17,19). The van der Waals surface area contributed by atoms with Crippen molar-refractivity contribution < 1.29 is 4.42 Å². The summed E-state index contributed by atoms with van der Waals surface area (Å²) in [5.74, 6) is 4.46. The molecule has 2 aromatic rings. The van der Waals surface area contributed by atoms with E-state index in [2.05, 4.69) is 14.9 Å². The first-order valence-corrected chi connectivity index (χ1v) is 8.05. The first-order valence-electron chi connectivity index (χ1n) is 6.90. The quantitative estimate of drug-likeness (QED) is 0.795. The van der Waals surface area contributed by atoms with Crippen LogP contribution in [0.3, 0.4) is 0 Å². The predicted molar refractivity (Wildman–Crippen MR) is 85.6 cm³/mol. The molecule has 0 aliphatic heterocycles.